The molecule has 0 aliphatic carbocycles. The lowest BCUT2D eigenvalue weighted by Gasteiger charge is -2.14. The molecule has 0 N–H and O–H groups in total. The second kappa shape index (κ2) is 7.79. The summed E-state index contributed by atoms with van der Waals surface area (Å²) in [6.45, 7) is 0. The molecule has 24 heavy (non-hydrogen) atoms. The number of rotatable bonds is 1. The fourth-order valence-corrected chi connectivity index (χ4v) is 2.64. The molecule has 0 fully saturated rings. The summed E-state index contributed by atoms with van der Waals surface area (Å²) in [5, 5.41) is 9.38. The van der Waals surface area contributed by atoms with Crippen LogP contribution in [0.15, 0.2) is 42.5 Å². The van der Waals surface area contributed by atoms with Gasteiger partial charge in [0.25, 0.3) is 0 Å². The smallest absolute Gasteiger partial charge is 0.313 e. The molecule has 1 aliphatic heterocycles. The van der Waals surface area contributed by atoms with Crippen molar-refractivity contribution in [2.45, 2.75) is 12.3 Å². The fourth-order valence-electron chi connectivity index (χ4n) is 2.46. The van der Waals surface area contributed by atoms with E-state index in [4.69, 9.17) is 31.2 Å². The number of nitrogens with zero attached hydrogens (tertiary/aromatic N) is 1. The lowest BCUT2D eigenvalue weighted by atomic mass is 9.92. The zero-order chi connectivity index (χ0) is 17.7. The highest BCUT2D eigenvalue weighted by Gasteiger charge is 2.29. The van der Waals surface area contributed by atoms with Gasteiger partial charge in [-0.05, 0) is 36.2 Å². The molecule has 0 unspecified atom stereocenters. The van der Waals surface area contributed by atoms with Gasteiger partial charge < -0.3 is 9.47 Å². The molecule has 126 valence electrons. The van der Waals surface area contributed by atoms with Crippen molar-refractivity contribution in [2.24, 2.45) is 0 Å². The molecule has 2 aromatic rings. The van der Waals surface area contributed by atoms with E-state index >= 15 is 0 Å². The summed E-state index contributed by atoms with van der Waals surface area (Å²) in [6, 6.07) is 13.0. The molecule has 1 heterocycles. The van der Waals surface area contributed by atoms with Crippen LogP contribution >= 0.6 is 11.6 Å². The minimum absolute atomic E-state index is 0.284. The summed E-state index contributed by atoms with van der Waals surface area (Å²) in [6.07, 6.45) is 0.538. The van der Waals surface area contributed by atoms with Crippen LogP contribution in [0.1, 0.15) is 17.0 Å². The third-order valence-corrected chi connectivity index (χ3v) is 3.68. The third kappa shape index (κ3) is 4.23. The molecule has 0 radical (unpaired) electrons. The van der Waals surface area contributed by atoms with E-state index in [1.54, 1.807) is 18.2 Å². The number of carbonyl (C=O) groups is 1. The minimum Gasteiger partial charge on any atom is -0.469 e. The molecule has 6 nitrogen and oxygen atoms in total. The predicted molar refractivity (Wildman–Crippen MR) is 89.3 cm³/mol. The van der Waals surface area contributed by atoms with Crippen molar-refractivity contribution in [3.63, 3.8) is 0 Å². The molecular formula is C17H16ClNO5. The Kier molecular flexibility index (Phi) is 5.76. The number of carbonyl (C=O) groups excluding carboxylic acids is 1. The number of fused-ring (bicyclic) bond motifs is 2. The van der Waals surface area contributed by atoms with Crippen molar-refractivity contribution < 1.29 is 19.2 Å². The normalized spacial score (nSPS) is 14.7. The molecule has 0 spiro atoms. The molecule has 7 heteroatoms. The van der Waals surface area contributed by atoms with Crippen LogP contribution in [0.5, 0.6) is 11.5 Å². The second-order valence-corrected chi connectivity index (χ2v) is 5.55. The molecular weight excluding hydrogens is 334 g/mol. The number of hydrogen-bond acceptors (Lipinski definition) is 5. The Morgan fingerprint density at radius 2 is 1.96 bits per heavy atom. The first-order chi connectivity index (χ1) is 11.4. The number of halogens is 1. The summed E-state index contributed by atoms with van der Waals surface area (Å²) in [5.41, 5.74) is 1.75. The summed E-state index contributed by atoms with van der Waals surface area (Å²) in [4.78, 5) is 20.4. The quantitative estimate of drug-likeness (QED) is 0.444. The predicted octanol–water partition coefficient (Wildman–Crippen LogP) is 3.84. The lowest BCUT2D eigenvalue weighted by Crippen LogP contribution is -2.16. The van der Waals surface area contributed by atoms with Gasteiger partial charge >= 0.3 is 5.97 Å². The molecule has 0 aromatic heterocycles. The van der Waals surface area contributed by atoms with Crippen molar-refractivity contribution in [1.82, 2.24) is 0 Å². The summed E-state index contributed by atoms with van der Waals surface area (Å²) in [5.74, 6) is 0.725. The van der Waals surface area contributed by atoms with Crippen molar-refractivity contribution >= 4 is 17.6 Å². The van der Waals surface area contributed by atoms with E-state index in [1.807, 2.05) is 24.3 Å². The number of nitro groups is 1. The Labute approximate surface area is 144 Å². The van der Waals surface area contributed by atoms with Crippen LogP contribution in [0, 0.1) is 10.1 Å². The molecule has 1 atom stereocenters. The van der Waals surface area contributed by atoms with Gasteiger partial charge in [-0.15, -0.1) is 0 Å². The van der Waals surface area contributed by atoms with E-state index in [-0.39, 0.29) is 5.97 Å². The van der Waals surface area contributed by atoms with Crippen LogP contribution in [-0.4, -0.2) is 25.1 Å². The topological polar surface area (TPSA) is 78.7 Å². The second-order valence-electron chi connectivity index (χ2n) is 5.11. The van der Waals surface area contributed by atoms with Crippen LogP contribution in [-0.2, 0) is 16.0 Å². The van der Waals surface area contributed by atoms with Crippen molar-refractivity contribution in [2.75, 3.05) is 14.2 Å². The number of hydrogen-bond donors (Lipinski definition) is 0. The van der Waals surface area contributed by atoms with Crippen LogP contribution in [0.2, 0.25) is 5.02 Å². The van der Waals surface area contributed by atoms with Crippen molar-refractivity contribution in [3.8, 4) is 11.5 Å². The highest BCUT2D eigenvalue weighted by molar-refractivity contribution is 6.30. The van der Waals surface area contributed by atoms with E-state index in [2.05, 4.69) is 0 Å². The van der Waals surface area contributed by atoms with Crippen LogP contribution in [0.3, 0.4) is 0 Å². The first-order valence-electron chi connectivity index (χ1n) is 7.13. The molecule has 1 aliphatic rings. The molecule has 3 rings (SSSR count). The fraction of sp³-hybridized carbons (Fsp3) is 0.235. The van der Waals surface area contributed by atoms with E-state index < -0.39 is 10.8 Å². The van der Waals surface area contributed by atoms with Crippen LogP contribution < -0.4 is 4.74 Å². The van der Waals surface area contributed by atoms with E-state index in [9.17, 15) is 4.79 Å². The van der Waals surface area contributed by atoms with Gasteiger partial charge in [-0.3, -0.25) is 14.9 Å². The van der Waals surface area contributed by atoms with Gasteiger partial charge in [0.1, 0.15) is 11.5 Å². The SMILES string of the molecule is COC(=O)[C@@H]1Cc2ccccc2Oc2ccc(Cl)cc21.C[N+](=O)[O-]. The zero-order valence-electron chi connectivity index (χ0n) is 13.2. The zero-order valence-corrected chi connectivity index (χ0v) is 13.9. The maximum Gasteiger partial charge on any atom is 0.313 e. The van der Waals surface area contributed by atoms with Gasteiger partial charge in [0.15, 0.2) is 7.05 Å². The number of esters is 1. The average molecular weight is 350 g/mol. The maximum absolute atomic E-state index is 12.1. The average Bonchev–Trinajstić information content (AvgIpc) is 2.70. The van der Waals surface area contributed by atoms with Crippen LogP contribution in [0.25, 0.3) is 0 Å². The maximum atomic E-state index is 12.1. The monoisotopic (exact) mass is 349 g/mol. The van der Waals surface area contributed by atoms with E-state index in [0.29, 0.717) is 17.2 Å². The van der Waals surface area contributed by atoms with Gasteiger partial charge in [0.05, 0.1) is 13.0 Å². The van der Waals surface area contributed by atoms with Gasteiger partial charge in [-0.2, -0.15) is 0 Å². The highest BCUT2D eigenvalue weighted by atomic mass is 35.5. The number of benzene rings is 2. The number of para-hydroxylation sites is 1. The Morgan fingerprint density at radius 1 is 1.29 bits per heavy atom. The molecule has 0 bridgehead atoms. The van der Waals surface area contributed by atoms with Crippen molar-refractivity contribution in [1.29, 1.82) is 0 Å². The Morgan fingerprint density at radius 3 is 2.62 bits per heavy atom. The third-order valence-electron chi connectivity index (χ3n) is 3.45. The molecule has 0 amide bonds. The van der Waals surface area contributed by atoms with E-state index in [0.717, 1.165) is 23.9 Å². The Hall–Kier alpha value is -2.60. The van der Waals surface area contributed by atoms with Gasteiger partial charge in [0, 0.05) is 15.5 Å². The number of ether oxygens (including phenoxy) is 2. The standard InChI is InChI=1S/C16H13ClO3.CH3NO2/c1-19-16(18)13-8-10-4-2-3-5-14(10)20-15-7-6-11(17)9-12(13)15;1-2(3)4/h2-7,9,13H,8H2,1H3;1H3/t13-;/m1./s1. The highest BCUT2D eigenvalue weighted by Crippen LogP contribution is 2.40. The van der Waals surface area contributed by atoms with Gasteiger partial charge in [-0.25, -0.2) is 0 Å². The number of methoxy groups -OCH3 is 1. The van der Waals surface area contributed by atoms with Crippen LogP contribution in [0.4, 0.5) is 0 Å². The molecule has 0 saturated heterocycles. The summed E-state index contributed by atoms with van der Waals surface area (Å²) >= 11 is 6.05. The summed E-state index contributed by atoms with van der Waals surface area (Å²) in [7, 11) is 2.28. The summed E-state index contributed by atoms with van der Waals surface area (Å²) < 4.78 is 10.8. The Balaban J connectivity index is 0.000000471. The van der Waals surface area contributed by atoms with Gasteiger partial charge in [-0.1, -0.05) is 29.8 Å². The lowest BCUT2D eigenvalue weighted by molar-refractivity contribution is -0.445. The van der Waals surface area contributed by atoms with Crippen molar-refractivity contribution in [3.05, 3.63) is 68.7 Å². The van der Waals surface area contributed by atoms with Gasteiger partial charge in [0.2, 0.25) is 0 Å². The molecule has 0 saturated carbocycles. The molecule has 2 aromatic carbocycles. The Bertz CT molecular complexity index is 758. The van der Waals surface area contributed by atoms with E-state index in [1.165, 1.54) is 7.11 Å². The minimum atomic E-state index is -0.500. The first-order valence-corrected chi connectivity index (χ1v) is 7.51. The largest absolute Gasteiger partial charge is 0.469 e. The first kappa shape index (κ1) is 17.7.